The van der Waals surface area contributed by atoms with Crippen molar-refractivity contribution in [1.29, 1.82) is 0 Å². The van der Waals surface area contributed by atoms with Crippen molar-refractivity contribution in [3.63, 3.8) is 0 Å². The molecule has 0 aliphatic heterocycles. The van der Waals surface area contributed by atoms with Crippen molar-refractivity contribution in [3.05, 3.63) is 114 Å². The van der Waals surface area contributed by atoms with Gasteiger partial charge in [-0.2, -0.15) is 4.72 Å². The van der Waals surface area contributed by atoms with Crippen LogP contribution in [-0.2, 0) is 32.5 Å². The third-order valence-corrected chi connectivity index (χ3v) is 8.79. The Balaban J connectivity index is 1.60. The highest BCUT2D eigenvalue weighted by atomic mass is 32.2. The topological polar surface area (TPSA) is 168 Å². The fourth-order valence-electron chi connectivity index (χ4n) is 5.11. The highest BCUT2D eigenvalue weighted by Crippen LogP contribution is 2.20. The number of carbonyl (C=O) groups is 3. The van der Waals surface area contributed by atoms with E-state index in [1.165, 1.54) is 12.1 Å². The molecular weight excluding hydrogens is 604 g/mol. The first-order valence-electron chi connectivity index (χ1n) is 14.9. The van der Waals surface area contributed by atoms with Gasteiger partial charge < -0.3 is 21.5 Å². The van der Waals surface area contributed by atoms with Gasteiger partial charge >= 0.3 is 0 Å². The molecule has 0 unspecified atom stereocenters. The van der Waals surface area contributed by atoms with Crippen molar-refractivity contribution in [3.8, 4) is 0 Å². The van der Waals surface area contributed by atoms with E-state index in [9.17, 15) is 27.9 Å². The summed E-state index contributed by atoms with van der Waals surface area (Å²) in [7, 11) is -4.26. The molecule has 0 heterocycles. The number of primary amides is 1. The second-order valence-electron chi connectivity index (χ2n) is 12.3. The average Bonchev–Trinajstić information content (AvgIpc) is 2.99. The van der Waals surface area contributed by atoms with Crippen LogP contribution in [0.4, 0.5) is 0 Å². The van der Waals surface area contributed by atoms with Crippen molar-refractivity contribution in [2.75, 3.05) is 0 Å². The van der Waals surface area contributed by atoms with Crippen molar-refractivity contribution in [1.82, 2.24) is 15.4 Å². The lowest BCUT2D eigenvalue weighted by molar-refractivity contribution is -0.127. The van der Waals surface area contributed by atoms with E-state index in [4.69, 9.17) is 5.73 Å². The first-order valence-corrected chi connectivity index (χ1v) is 16.4. The zero-order chi connectivity index (χ0) is 33.5. The first-order chi connectivity index (χ1) is 21.7. The van der Waals surface area contributed by atoms with Gasteiger partial charge in [-0.25, -0.2) is 8.42 Å². The molecule has 3 atom stereocenters. The van der Waals surface area contributed by atoms with E-state index in [-0.39, 0.29) is 23.6 Å². The molecule has 242 valence electrons. The minimum atomic E-state index is -4.26. The molecule has 4 rings (SSSR count). The second-order valence-corrected chi connectivity index (χ2v) is 14.0. The van der Waals surface area contributed by atoms with E-state index >= 15 is 0 Å². The van der Waals surface area contributed by atoms with Crippen molar-refractivity contribution >= 4 is 38.5 Å². The van der Waals surface area contributed by atoms with Gasteiger partial charge in [-0.1, -0.05) is 78.9 Å². The monoisotopic (exact) mass is 644 g/mol. The zero-order valence-electron chi connectivity index (χ0n) is 26.1. The van der Waals surface area contributed by atoms with Crippen LogP contribution in [0.5, 0.6) is 0 Å². The standard InChI is InChI=1S/C35H40N4O6S/c1-35(2,3)38-33(42)28-16-10-9-15-26(28)21-31(40)29(19-23-11-5-4-6-12-23)37-34(43)30(22-32(36)41)39-46(44,45)27-18-17-24-13-7-8-14-25(24)20-27/h4-18,20,29-31,39-40H,19,21-22H2,1-3H3,(H2,36,41)(H,37,43)(H,38,42)/t29-,30-,31+/m0/s1. The van der Waals surface area contributed by atoms with Crippen LogP contribution in [0.25, 0.3) is 10.8 Å². The van der Waals surface area contributed by atoms with Gasteiger partial charge in [0.25, 0.3) is 5.91 Å². The Hall–Kier alpha value is -4.58. The molecule has 0 aromatic heterocycles. The Bertz CT molecular complexity index is 1800. The smallest absolute Gasteiger partial charge is 0.251 e. The van der Waals surface area contributed by atoms with Crippen LogP contribution >= 0.6 is 0 Å². The van der Waals surface area contributed by atoms with Gasteiger partial charge in [0.1, 0.15) is 6.04 Å². The number of nitrogens with one attached hydrogen (secondary N) is 3. The molecule has 0 saturated heterocycles. The highest BCUT2D eigenvalue weighted by Gasteiger charge is 2.31. The fourth-order valence-corrected chi connectivity index (χ4v) is 6.34. The Labute approximate surface area is 269 Å². The minimum Gasteiger partial charge on any atom is -0.391 e. The molecule has 0 spiro atoms. The van der Waals surface area contributed by atoms with Crippen LogP contribution in [0, 0.1) is 0 Å². The van der Waals surface area contributed by atoms with Crippen LogP contribution < -0.4 is 21.1 Å². The summed E-state index contributed by atoms with van der Waals surface area (Å²) in [6.45, 7) is 5.60. The SMILES string of the molecule is CC(C)(C)NC(=O)c1ccccc1C[C@@H](O)[C@H](Cc1ccccc1)NC(=O)[C@H](CC(N)=O)NS(=O)(=O)c1ccc2ccccc2c1. The number of benzene rings is 4. The van der Waals surface area contributed by atoms with E-state index in [1.54, 1.807) is 42.5 Å². The number of sulfonamides is 1. The Kier molecular flexibility index (Phi) is 10.9. The Morgan fingerprint density at radius 2 is 1.46 bits per heavy atom. The molecule has 3 amide bonds. The van der Waals surface area contributed by atoms with Crippen LogP contribution in [0.2, 0.25) is 0 Å². The number of hydrogen-bond donors (Lipinski definition) is 5. The molecule has 0 aliphatic rings. The normalized spacial score (nSPS) is 13.8. The van der Waals surface area contributed by atoms with Crippen molar-refractivity contribution < 1.29 is 27.9 Å². The van der Waals surface area contributed by atoms with Gasteiger partial charge in [0, 0.05) is 17.5 Å². The lowest BCUT2D eigenvalue weighted by Gasteiger charge is -2.28. The lowest BCUT2D eigenvalue weighted by atomic mass is 9.93. The summed E-state index contributed by atoms with van der Waals surface area (Å²) in [4.78, 5) is 38.6. The maximum Gasteiger partial charge on any atom is 0.251 e. The molecule has 6 N–H and O–H groups in total. The Morgan fingerprint density at radius 3 is 2.13 bits per heavy atom. The summed E-state index contributed by atoms with van der Waals surface area (Å²) in [6, 6.07) is 25.3. The van der Waals surface area contributed by atoms with Gasteiger partial charge in [0.2, 0.25) is 21.8 Å². The summed E-state index contributed by atoms with van der Waals surface area (Å²) in [6.07, 6.45) is -1.61. The summed E-state index contributed by atoms with van der Waals surface area (Å²) < 4.78 is 29.1. The molecule has 46 heavy (non-hydrogen) atoms. The van der Waals surface area contributed by atoms with Crippen molar-refractivity contribution in [2.45, 2.75) is 68.7 Å². The number of aliphatic hydroxyl groups excluding tert-OH is 1. The van der Waals surface area contributed by atoms with Crippen LogP contribution in [0.15, 0.2) is 102 Å². The van der Waals surface area contributed by atoms with E-state index in [1.807, 2.05) is 63.2 Å². The van der Waals surface area contributed by atoms with E-state index in [2.05, 4.69) is 15.4 Å². The number of amides is 3. The van der Waals surface area contributed by atoms with Gasteiger partial charge in [-0.05, 0) is 67.3 Å². The maximum absolute atomic E-state index is 13.7. The highest BCUT2D eigenvalue weighted by molar-refractivity contribution is 7.89. The number of hydrogen-bond acceptors (Lipinski definition) is 6. The molecule has 11 heteroatoms. The maximum atomic E-state index is 13.7. The number of carbonyl (C=O) groups excluding carboxylic acids is 3. The molecule has 4 aromatic rings. The van der Waals surface area contributed by atoms with Crippen molar-refractivity contribution in [2.24, 2.45) is 5.73 Å². The van der Waals surface area contributed by atoms with Gasteiger partial charge in [-0.15, -0.1) is 0 Å². The number of nitrogens with two attached hydrogens (primary N) is 1. The number of rotatable bonds is 13. The minimum absolute atomic E-state index is 0.00875. The average molecular weight is 645 g/mol. The van der Waals surface area contributed by atoms with Crippen LogP contribution in [0.3, 0.4) is 0 Å². The molecular formula is C35H40N4O6S. The van der Waals surface area contributed by atoms with E-state index in [0.29, 0.717) is 16.5 Å². The summed E-state index contributed by atoms with van der Waals surface area (Å²) in [5, 5.41) is 18.7. The largest absolute Gasteiger partial charge is 0.391 e. The molecule has 0 fully saturated rings. The fraction of sp³-hybridized carbons (Fsp3) is 0.286. The molecule has 0 saturated carbocycles. The lowest BCUT2D eigenvalue weighted by Crippen LogP contribution is -2.54. The van der Waals surface area contributed by atoms with E-state index in [0.717, 1.165) is 10.9 Å². The quantitative estimate of drug-likeness (QED) is 0.150. The van der Waals surface area contributed by atoms with Gasteiger partial charge in [0.15, 0.2) is 0 Å². The molecule has 0 aliphatic carbocycles. The molecule has 0 radical (unpaired) electrons. The van der Waals surface area contributed by atoms with Crippen LogP contribution in [0.1, 0.15) is 48.7 Å². The molecule has 10 nitrogen and oxygen atoms in total. The summed E-state index contributed by atoms with van der Waals surface area (Å²) >= 11 is 0. The predicted molar refractivity (Wildman–Crippen MR) is 177 cm³/mol. The molecule has 4 aromatic carbocycles. The van der Waals surface area contributed by atoms with E-state index < -0.39 is 52.0 Å². The predicted octanol–water partition coefficient (Wildman–Crippen LogP) is 3.22. The van der Waals surface area contributed by atoms with Crippen LogP contribution in [-0.4, -0.2) is 55.0 Å². The van der Waals surface area contributed by atoms with Gasteiger partial charge in [-0.3, -0.25) is 14.4 Å². The third kappa shape index (κ3) is 9.46. The first kappa shape index (κ1) is 34.3. The number of fused-ring (bicyclic) bond motifs is 1. The summed E-state index contributed by atoms with van der Waals surface area (Å²) in [5.41, 5.74) is 6.69. The number of aliphatic hydroxyl groups is 1. The Morgan fingerprint density at radius 1 is 0.826 bits per heavy atom. The summed E-state index contributed by atoms with van der Waals surface area (Å²) in [5.74, 6) is -2.02. The second kappa shape index (κ2) is 14.7. The third-order valence-electron chi connectivity index (χ3n) is 7.32. The van der Waals surface area contributed by atoms with Gasteiger partial charge in [0.05, 0.1) is 23.5 Å². The molecule has 0 bridgehead atoms. The zero-order valence-corrected chi connectivity index (χ0v) is 26.9.